The fourth-order valence-corrected chi connectivity index (χ4v) is 2.94. The maximum absolute atomic E-state index is 13.4. The zero-order chi connectivity index (χ0) is 18.4. The smallest absolute Gasteiger partial charge is 0.417 e. The molecule has 3 rings (SSSR count). The third-order valence-electron chi connectivity index (χ3n) is 3.86. The molecule has 1 aromatic carbocycles. The van der Waals surface area contributed by atoms with Gasteiger partial charge in [-0.15, -0.1) is 11.8 Å². The molecule has 1 heterocycles. The number of benzene rings is 1. The number of thioether (sulfide) groups is 1. The van der Waals surface area contributed by atoms with E-state index in [0.29, 0.717) is 17.7 Å². The van der Waals surface area contributed by atoms with E-state index in [0.717, 1.165) is 23.9 Å². The SMILES string of the molecule is CSc1ccc(C(=O)c2c(C(=O)[O-])noc2C2CC2)c(C(F)(F)F)c1. The number of halogens is 3. The summed E-state index contributed by atoms with van der Waals surface area (Å²) >= 11 is 1.10. The molecule has 5 nitrogen and oxygen atoms in total. The number of carbonyl (C=O) groups is 2. The summed E-state index contributed by atoms with van der Waals surface area (Å²) in [4.78, 5) is 24.3. The van der Waals surface area contributed by atoms with E-state index in [1.165, 1.54) is 6.07 Å². The van der Waals surface area contributed by atoms with Gasteiger partial charge in [-0.2, -0.15) is 13.2 Å². The van der Waals surface area contributed by atoms with Crippen LogP contribution in [0.1, 0.15) is 56.5 Å². The summed E-state index contributed by atoms with van der Waals surface area (Å²) in [5, 5.41) is 14.5. The number of alkyl halides is 3. The minimum absolute atomic E-state index is 0.00580. The van der Waals surface area contributed by atoms with Crippen molar-refractivity contribution in [1.29, 1.82) is 0 Å². The average Bonchev–Trinajstić information content (AvgIpc) is 3.30. The van der Waals surface area contributed by atoms with Gasteiger partial charge in [0.15, 0.2) is 11.5 Å². The van der Waals surface area contributed by atoms with Gasteiger partial charge in [0.25, 0.3) is 0 Å². The Bertz CT molecular complexity index is 856. The Morgan fingerprint density at radius 3 is 2.52 bits per heavy atom. The van der Waals surface area contributed by atoms with Crippen molar-refractivity contribution < 1.29 is 32.4 Å². The van der Waals surface area contributed by atoms with Crippen LogP contribution in [0.15, 0.2) is 27.6 Å². The number of hydrogen-bond donors (Lipinski definition) is 0. The average molecular weight is 370 g/mol. The molecule has 0 unspecified atom stereocenters. The van der Waals surface area contributed by atoms with Crippen LogP contribution in [-0.2, 0) is 6.18 Å². The standard InChI is InChI=1S/C16H12F3NO4S/c1-25-8-4-5-9(10(6-8)16(17,18)19)13(21)11-12(15(22)23)20-24-14(11)7-2-3-7/h4-7H,2-3H2,1H3,(H,22,23)/p-1. The maximum atomic E-state index is 13.4. The van der Waals surface area contributed by atoms with E-state index in [1.54, 1.807) is 6.26 Å². The number of rotatable bonds is 5. The van der Waals surface area contributed by atoms with E-state index >= 15 is 0 Å². The molecule has 1 aliphatic carbocycles. The Balaban J connectivity index is 2.17. The molecule has 9 heteroatoms. The highest BCUT2D eigenvalue weighted by Gasteiger charge is 2.40. The van der Waals surface area contributed by atoms with Crippen molar-refractivity contribution in [1.82, 2.24) is 5.16 Å². The van der Waals surface area contributed by atoms with Crippen molar-refractivity contribution in [3.63, 3.8) is 0 Å². The van der Waals surface area contributed by atoms with E-state index in [1.807, 2.05) is 0 Å². The molecule has 0 spiro atoms. The van der Waals surface area contributed by atoms with E-state index in [-0.39, 0.29) is 11.7 Å². The van der Waals surface area contributed by atoms with Gasteiger partial charge in [-0.05, 0) is 37.3 Å². The van der Waals surface area contributed by atoms with Crippen LogP contribution in [0.25, 0.3) is 0 Å². The normalized spacial score (nSPS) is 14.6. The van der Waals surface area contributed by atoms with E-state index in [9.17, 15) is 27.9 Å². The zero-order valence-corrected chi connectivity index (χ0v) is 13.7. The van der Waals surface area contributed by atoms with Crippen molar-refractivity contribution in [2.45, 2.75) is 29.8 Å². The lowest BCUT2D eigenvalue weighted by Gasteiger charge is -2.14. The Morgan fingerprint density at radius 2 is 2.00 bits per heavy atom. The Labute approximate surface area is 144 Å². The molecule has 0 bridgehead atoms. The van der Waals surface area contributed by atoms with Gasteiger partial charge in [-0.1, -0.05) is 5.16 Å². The van der Waals surface area contributed by atoms with Gasteiger partial charge in [0.2, 0.25) is 0 Å². The van der Waals surface area contributed by atoms with Gasteiger partial charge >= 0.3 is 6.18 Å². The van der Waals surface area contributed by atoms with Gasteiger partial charge in [-0.3, -0.25) is 4.79 Å². The largest absolute Gasteiger partial charge is 0.543 e. The lowest BCUT2D eigenvalue weighted by molar-refractivity contribution is -0.255. The Kier molecular flexibility index (Phi) is 4.36. The second-order valence-electron chi connectivity index (χ2n) is 5.57. The number of ketones is 1. The summed E-state index contributed by atoms with van der Waals surface area (Å²) in [5.41, 5.74) is -2.99. The van der Waals surface area contributed by atoms with Crippen LogP contribution in [0.3, 0.4) is 0 Å². The summed E-state index contributed by atoms with van der Waals surface area (Å²) < 4.78 is 45.0. The molecule has 1 aliphatic rings. The predicted octanol–water partition coefficient (Wildman–Crippen LogP) is 2.89. The van der Waals surface area contributed by atoms with E-state index in [4.69, 9.17) is 4.52 Å². The predicted molar refractivity (Wildman–Crippen MR) is 79.5 cm³/mol. The first-order chi connectivity index (χ1) is 11.7. The van der Waals surface area contributed by atoms with E-state index in [2.05, 4.69) is 5.16 Å². The molecule has 0 radical (unpaired) electrons. The summed E-state index contributed by atoms with van der Waals surface area (Å²) in [6.45, 7) is 0. The lowest BCUT2D eigenvalue weighted by atomic mass is 9.95. The van der Waals surface area contributed by atoms with Crippen LogP contribution in [0, 0.1) is 0 Å². The lowest BCUT2D eigenvalue weighted by Crippen LogP contribution is -2.26. The molecule has 1 fully saturated rings. The number of aromatic nitrogens is 1. The molecule has 0 saturated heterocycles. The fourth-order valence-electron chi connectivity index (χ4n) is 2.50. The quantitative estimate of drug-likeness (QED) is 0.594. The third-order valence-corrected chi connectivity index (χ3v) is 4.59. The van der Waals surface area contributed by atoms with Crippen LogP contribution >= 0.6 is 11.8 Å². The highest BCUT2D eigenvalue weighted by Crippen LogP contribution is 2.44. The molecule has 0 aliphatic heterocycles. The van der Waals surface area contributed by atoms with Gasteiger partial charge in [0.05, 0.1) is 17.1 Å². The molecule has 0 amide bonds. The summed E-state index contributed by atoms with van der Waals surface area (Å²) in [6, 6.07) is 3.27. The van der Waals surface area contributed by atoms with Crippen molar-refractivity contribution >= 4 is 23.5 Å². The minimum atomic E-state index is -4.77. The number of nitrogens with zero attached hydrogens (tertiary/aromatic N) is 1. The van der Waals surface area contributed by atoms with Gasteiger partial charge < -0.3 is 14.4 Å². The number of carbonyl (C=O) groups excluding carboxylic acids is 2. The zero-order valence-electron chi connectivity index (χ0n) is 12.8. The van der Waals surface area contributed by atoms with Crippen molar-refractivity contribution in [3.05, 3.63) is 46.3 Å². The molecule has 25 heavy (non-hydrogen) atoms. The van der Waals surface area contributed by atoms with Crippen LogP contribution in [0.2, 0.25) is 0 Å². The number of carboxylic acids is 1. The Morgan fingerprint density at radius 1 is 1.32 bits per heavy atom. The van der Waals surface area contributed by atoms with Crippen molar-refractivity contribution in [2.24, 2.45) is 0 Å². The van der Waals surface area contributed by atoms with Crippen LogP contribution in [-0.4, -0.2) is 23.2 Å². The molecule has 1 aromatic heterocycles. The molecule has 0 atom stereocenters. The molecular weight excluding hydrogens is 359 g/mol. The van der Waals surface area contributed by atoms with Crippen LogP contribution < -0.4 is 5.11 Å². The van der Waals surface area contributed by atoms with Gasteiger partial charge in [0.1, 0.15) is 5.69 Å². The van der Waals surface area contributed by atoms with Crippen molar-refractivity contribution in [3.8, 4) is 0 Å². The molecule has 2 aromatic rings. The topological polar surface area (TPSA) is 83.2 Å². The first kappa shape index (κ1) is 17.5. The molecule has 1 saturated carbocycles. The third kappa shape index (κ3) is 3.28. The molecule has 0 N–H and O–H groups in total. The van der Waals surface area contributed by atoms with Gasteiger partial charge in [0, 0.05) is 16.4 Å². The number of hydrogen-bond acceptors (Lipinski definition) is 6. The number of carboxylic acid groups (broad SMARTS) is 1. The first-order valence-electron chi connectivity index (χ1n) is 7.25. The monoisotopic (exact) mass is 370 g/mol. The minimum Gasteiger partial charge on any atom is -0.543 e. The summed E-state index contributed by atoms with van der Waals surface area (Å²) in [5.74, 6) is -3.05. The van der Waals surface area contributed by atoms with Gasteiger partial charge in [-0.25, -0.2) is 0 Å². The summed E-state index contributed by atoms with van der Waals surface area (Å²) in [7, 11) is 0. The van der Waals surface area contributed by atoms with Crippen LogP contribution in [0.4, 0.5) is 13.2 Å². The summed E-state index contributed by atoms with van der Waals surface area (Å²) in [6.07, 6.45) is -1.86. The highest BCUT2D eigenvalue weighted by molar-refractivity contribution is 7.98. The van der Waals surface area contributed by atoms with Crippen molar-refractivity contribution in [2.75, 3.05) is 6.26 Å². The highest BCUT2D eigenvalue weighted by atomic mass is 32.2. The Hall–Kier alpha value is -2.29. The van der Waals surface area contributed by atoms with Crippen LogP contribution in [0.5, 0.6) is 0 Å². The maximum Gasteiger partial charge on any atom is 0.417 e. The molecular formula is C16H11F3NO4S-. The second kappa shape index (κ2) is 6.21. The van der Waals surface area contributed by atoms with E-state index < -0.39 is 40.3 Å². The number of aromatic carboxylic acids is 1. The second-order valence-corrected chi connectivity index (χ2v) is 6.45. The first-order valence-corrected chi connectivity index (χ1v) is 8.47. The fraction of sp³-hybridized carbons (Fsp3) is 0.312. The molecule has 132 valence electrons.